The zero-order valence-corrected chi connectivity index (χ0v) is 32.8. The molecule has 0 spiro atoms. The van der Waals surface area contributed by atoms with Crippen LogP contribution in [-0.2, 0) is 56.8 Å². The number of benzene rings is 2. The number of nitrogens with zero attached hydrogens (tertiary/aromatic N) is 2. The van der Waals surface area contributed by atoms with Crippen LogP contribution in [0.5, 0.6) is 11.5 Å². The van der Waals surface area contributed by atoms with E-state index in [1.807, 2.05) is 48.5 Å². The summed E-state index contributed by atoms with van der Waals surface area (Å²) in [5.74, 6) is 1.44. The molecule has 2 aromatic carbocycles. The van der Waals surface area contributed by atoms with Crippen molar-refractivity contribution in [3.8, 4) is 11.5 Å². The molecule has 0 aromatic heterocycles. The lowest BCUT2D eigenvalue weighted by atomic mass is 10.2. The van der Waals surface area contributed by atoms with Crippen LogP contribution in [0, 0.1) is 0 Å². The maximum absolute atomic E-state index is 6.30. The molecule has 0 amide bonds. The summed E-state index contributed by atoms with van der Waals surface area (Å²) in [5.41, 5.74) is 1.82. The van der Waals surface area contributed by atoms with E-state index in [4.69, 9.17) is 66.3 Å². The van der Waals surface area contributed by atoms with Crippen LogP contribution in [0.15, 0.2) is 48.5 Å². The Kier molecular flexibility index (Phi) is 30.3. The van der Waals surface area contributed by atoms with Gasteiger partial charge in [-0.15, -0.1) is 0 Å². The predicted octanol–water partition coefficient (Wildman–Crippen LogP) is 3.31. The van der Waals surface area contributed by atoms with E-state index in [1.54, 1.807) is 28.4 Å². The highest BCUT2D eigenvalue weighted by Crippen LogP contribution is 2.30. The first-order valence-corrected chi connectivity index (χ1v) is 18.3. The molecule has 0 aliphatic heterocycles. The van der Waals surface area contributed by atoms with Gasteiger partial charge in [0.15, 0.2) is 0 Å². The Morgan fingerprint density at radius 2 is 0.611 bits per heavy atom. The van der Waals surface area contributed by atoms with Gasteiger partial charge >= 0.3 is 0 Å². The van der Waals surface area contributed by atoms with Crippen LogP contribution in [0.25, 0.3) is 0 Å². The highest BCUT2D eigenvalue weighted by atomic mass is 16.7. The number of ether oxygens (including phenoxy) is 14. The standard InChI is InChI=1S/C38H64N2O14/c1-41-21-25-49-31-45-17-13-39(14-18-46-32-50-26-22-42-2)35-9-5-7-11-37(35)53-29-30-54-38-12-8-6-10-36(38)40(15-19-47-33-51-27-23-43-3)16-20-48-34-52-28-24-44-4/h5-12H,13-34H2,1-4H3. The van der Waals surface area contributed by atoms with Crippen LogP contribution in [0.3, 0.4) is 0 Å². The summed E-state index contributed by atoms with van der Waals surface area (Å²) < 4.78 is 77.4. The average molecular weight is 773 g/mol. The van der Waals surface area contributed by atoms with Crippen LogP contribution in [0.2, 0.25) is 0 Å². The summed E-state index contributed by atoms with van der Waals surface area (Å²) in [7, 11) is 6.54. The highest BCUT2D eigenvalue weighted by Gasteiger charge is 2.15. The molecule has 0 bridgehead atoms. The quantitative estimate of drug-likeness (QED) is 0.0726. The van der Waals surface area contributed by atoms with E-state index >= 15 is 0 Å². The Hall–Kier alpha value is -2.84. The van der Waals surface area contributed by atoms with Crippen LogP contribution in [-0.4, -0.2) is 174 Å². The van der Waals surface area contributed by atoms with Crippen molar-refractivity contribution in [1.29, 1.82) is 0 Å². The fraction of sp³-hybridized carbons (Fsp3) is 0.684. The number of methoxy groups -OCH3 is 4. The lowest BCUT2D eigenvalue weighted by Gasteiger charge is -2.27. The van der Waals surface area contributed by atoms with Crippen LogP contribution in [0.4, 0.5) is 11.4 Å². The summed E-state index contributed by atoms with van der Waals surface area (Å²) in [6.07, 6.45) is 0. The molecular formula is C38H64N2O14. The lowest BCUT2D eigenvalue weighted by molar-refractivity contribution is -0.0670. The third-order valence-corrected chi connectivity index (χ3v) is 7.43. The average Bonchev–Trinajstić information content (AvgIpc) is 3.20. The minimum absolute atomic E-state index is 0.183. The van der Waals surface area contributed by atoms with Crippen molar-refractivity contribution in [3.05, 3.63) is 48.5 Å². The monoisotopic (exact) mass is 772 g/mol. The van der Waals surface area contributed by atoms with E-state index in [9.17, 15) is 0 Å². The van der Waals surface area contributed by atoms with Gasteiger partial charge in [0.25, 0.3) is 0 Å². The van der Waals surface area contributed by atoms with Gasteiger partial charge in [0, 0.05) is 54.6 Å². The molecule has 0 unspecified atom stereocenters. The first-order chi connectivity index (χ1) is 26.7. The lowest BCUT2D eigenvalue weighted by Crippen LogP contribution is -2.32. The number of rotatable bonds is 39. The van der Waals surface area contributed by atoms with Crippen molar-refractivity contribution in [2.45, 2.75) is 0 Å². The van der Waals surface area contributed by atoms with E-state index < -0.39 is 0 Å². The van der Waals surface area contributed by atoms with E-state index in [0.29, 0.717) is 119 Å². The van der Waals surface area contributed by atoms with Gasteiger partial charge in [0.1, 0.15) is 51.9 Å². The molecule has 16 heteroatoms. The van der Waals surface area contributed by atoms with Gasteiger partial charge in [0.2, 0.25) is 0 Å². The highest BCUT2D eigenvalue weighted by molar-refractivity contribution is 5.59. The summed E-state index contributed by atoms with van der Waals surface area (Å²) in [4.78, 5) is 4.31. The number of anilines is 2. The second-order valence-electron chi connectivity index (χ2n) is 11.3. The molecule has 0 saturated carbocycles. The van der Waals surface area contributed by atoms with E-state index in [0.717, 1.165) is 22.9 Å². The van der Waals surface area contributed by atoms with Gasteiger partial charge in [-0.2, -0.15) is 0 Å². The van der Waals surface area contributed by atoms with Gasteiger partial charge in [-0.05, 0) is 24.3 Å². The molecule has 0 radical (unpaired) electrons. The summed E-state index contributed by atoms with van der Waals surface area (Å²) in [5, 5.41) is 0. The van der Waals surface area contributed by atoms with Crippen molar-refractivity contribution < 1.29 is 66.3 Å². The first-order valence-electron chi connectivity index (χ1n) is 18.3. The molecule has 310 valence electrons. The third-order valence-electron chi connectivity index (χ3n) is 7.43. The van der Waals surface area contributed by atoms with Crippen molar-refractivity contribution >= 4 is 11.4 Å². The third kappa shape index (κ3) is 23.2. The first kappa shape index (κ1) is 47.3. The van der Waals surface area contributed by atoms with E-state index in [1.165, 1.54) is 0 Å². The molecule has 2 aromatic rings. The number of hydrogen-bond acceptors (Lipinski definition) is 16. The minimum Gasteiger partial charge on any atom is -0.488 e. The molecular weight excluding hydrogens is 708 g/mol. The Bertz CT molecular complexity index is 1000. The predicted molar refractivity (Wildman–Crippen MR) is 203 cm³/mol. The molecule has 0 N–H and O–H groups in total. The van der Waals surface area contributed by atoms with E-state index in [2.05, 4.69) is 9.80 Å². The Morgan fingerprint density at radius 3 is 0.907 bits per heavy atom. The van der Waals surface area contributed by atoms with Crippen LogP contribution >= 0.6 is 0 Å². The second-order valence-corrected chi connectivity index (χ2v) is 11.3. The van der Waals surface area contributed by atoms with Crippen molar-refractivity contribution in [3.63, 3.8) is 0 Å². The smallest absolute Gasteiger partial charge is 0.146 e. The molecule has 0 saturated heterocycles. The SMILES string of the molecule is COCCOCOCCN(CCOCOCCOC)c1ccccc1OCCOc1ccccc1N(CCOCOCCOC)CCOCOCCOC. The van der Waals surface area contributed by atoms with Crippen LogP contribution in [0.1, 0.15) is 0 Å². The van der Waals surface area contributed by atoms with Crippen molar-refractivity contribution in [2.24, 2.45) is 0 Å². The molecule has 2 rings (SSSR count). The fourth-order valence-electron chi connectivity index (χ4n) is 4.66. The van der Waals surface area contributed by atoms with Gasteiger partial charge in [0.05, 0.1) is 90.7 Å². The Morgan fingerprint density at radius 1 is 0.333 bits per heavy atom. The zero-order chi connectivity index (χ0) is 38.6. The maximum atomic E-state index is 6.30. The molecule has 0 aliphatic carbocycles. The summed E-state index contributed by atoms with van der Waals surface area (Å²) in [6, 6.07) is 15.8. The zero-order valence-electron chi connectivity index (χ0n) is 32.8. The molecule has 0 fully saturated rings. The van der Waals surface area contributed by atoms with Gasteiger partial charge < -0.3 is 76.1 Å². The topological polar surface area (TPSA) is 136 Å². The van der Waals surface area contributed by atoms with Gasteiger partial charge in [-0.3, -0.25) is 0 Å². The largest absolute Gasteiger partial charge is 0.488 e. The maximum Gasteiger partial charge on any atom is 0.146 e. The van der Waals surface area contributed by atoms with Crippen LogP contribution < -0.4 is 19.3 Å². The van der Waals surface area contributed by atoms with Crippen molar-refractivity contribution in [1.82, 2.24) is 0 Å². The molecule has 0 aliphatic rings. The normalized spacial score (nSPS) is 11.3. The van der Waals surface area contributed by atoms with Gasteiger partial charge in [-0.1, -0.05) is 24.3 Å². The number of hydrogen-bond donors (Lipinski definition) is 0. The summed E-state index contributed by atoms with van der Waals surface area (Å²) >= 11 is 0. The molecule has 0 atom stereocenters. The molecule has 54 heavy (non-hydrogen) atoms. The van der Waals surface area contributed by atoms with Gasteiger partial charge in [-0.25, -0.2) is 0 Å². The van der Waals surface area contributed by atoms with E-state index in [-0.39, 0.29) is 27.2 Å². The fourth-order valence-corrected chi connectivity index (χ4v) is 4.66. The molecule has 0 heterocycles. The Balaban J connectivity index is 1.99. The molecule has 16 nitrogen and oxygen atoms in total. The minimum atomic E-state index is 0.183. The number of para-hydroxylation sites is 4. The Labute approximate surface area is 321 Å². The summed E-state index contributed by atoms with van der Waals surface area (Å²) in [6.45, 7) is 9.43. The second kappa shape index (κ2) is 34.6. The van der Waals surface area contributed by atoms with Crippen molar-refractivity contribution in [2.75, 3.05) is 184 Å².